The summed E-state index contributed by atoms with van der Waals surface area (Å²) in [6.45, 7) is 7.99. The number of carbonyl (C=O) groups is 4. The molecule has 1 saturated heterocycles. The van der Waals surface area contributed by atoms with Gasteiger partial charge in [-0.25, -0.2) is 0 Å². The number of benzene rings is 1. The highest BCUT2D eigenvalue weighted by atomic mass is 16.7. The van der Waals surface area contributed by atoms with Crippen molar-refractivity contribution in [1.82, 2.24) is 0 Å². The molecular weight excluding hydrogens is 464 g/mol. The van der Waals surface area contributed by atoms with Crippen LogP contribution in [0.3, 0.4) is 0 Å². The predicted molar refractivity (Wildman–Crippen MR) is 120 cm³/mol. The molecule has 0 N–H and O–H groups in total. The summed E-state index contributed by atoms with van der Waals surface area (Å²) in [7, 11) is 2.98. The molecule has 35 heavy (non-hydrogen) atoms. The molecule has 0 saturated carbocycles. The van der Waals surface area contributed by atoms with Crippen LogP contribution < -0.4 is 9.47 Å². The third-order valence-corrected chi connectivity index (χ3v) is 5.42. The standard InChI is InChI=1S/C24H32O11/c1-11-9-17(29-7)12(2)19(20(11)30-8)22-24(34-16(6)28)23(33-15(5)27)21(32-14(4)26)18(35-22)10-31-13(3)25/h9,18,21-24H,10H2,1-8H3/t18-,21-,22?,23+,24+/m1/s1. The Morgan fingerprint density at radius 3 is 1.83 bits per heavy atom. The molecule has 0 spiro atoms. The van der Waals surface area contributed by atoms with Gasteiger partial charge in [-0.1, -0.05) is 0 Å². The van der Waals surface area contributed by atoms with E-state index in [1.807, 2.05) is 0 Å². The van der Waals surface area contributed by atoms with Gasteiger partial charge in [-0.3, -0.25) is 19.2 Å². The summed E-state index contributed by atoms with van der Waals surface area (Å²) in [5, 5.41) is 0. The van der Waals surface area contributed by atoms with Gasteiger partial charge >= 0.3 is 23.9 Å². The van der Waals surface area contributed by atoms with Gasteiger partial charge in [-0.15, -0.1) is 0 Å². The number of rotatable bonds is 8. The minimum atomic E-state index is -1.28. The molecule has 0 amide bonds. The van der Waals surface area contributed by atoms with Crippen LogP contribution in [0.15, 0.2) is 6.07 Å². The van der Waals surface area contributed by atoms with E-state index in [-0.39, 0.29) is 6.61 Å². The molecule has 11 heteroatoms. The van der Waals surface area contributed by atoms with Gasteiger partial charge in [-0.2, -0.15) is 0 Å². The molecule has 1 aliphatic heterocycles. The quantitative estimate of drug-likeness (QED) is 0.387. The van der Waals surface area contributed by atoms with Gasteiger partial charge < -0.3 is 33.2 Å². The minimum absolute atomic E-state index is 0.321. The predicted octanol–water partition coefficient (Wildman–Crippen LogP) is 2.12. The van der Waals surface area contributed by atoms with Crippen molar-refractivity contribution in [1.29, 1.82) is 0 Å². The average molecular weight is 497 g/mol. The van der Waals surface area contributed by atoms with Crippen molar-refractivity contribution in [3.05, 3.63) is 22.8 Å². The van der Waals surface area contributed by atoms with Gasteiger partial charge in [-0.05, 0) is 25.5 Å². The lowest BCUT2D eigenvalue weighted by atomic mass is 9.87. The number of carbonyl (C=O) groups excluding carboxylic acids is 4. The molecule has 0 radical (unpaired) electrons. The highest BCUT2D eigenvalue weighted by Gasteiger charge is 2.53. The van der Waals surface area contributed by atoms with Crippen molar-refractivity contribution in [2.75, 3.05) is 20.8 Å². The first-order chi connectivity index (χ1) is 16.4. The second-order valence-corrected chi connectivity index (χ2v) is 8.09. The molecular formula is C24H32O11. The van der Waals surface area contributed by atoms with Crippen molar-refractivity contribution in [2.45, 2.75) is 72.1 Å². The Bertz CT molecular complexity index is 971. The van der Waals surface area contributed by atoms with E-state index in [1.54, 1.807) is 19.9 Å². The number of hydrogen-bond acceptors (Lipinski definition) is 11. The largest absolute Gasteiger partial charge is 0.496 e. The molecule has 1 aromatic carbocycles. The lowest BCUT2D eigenvalue weighted by Gasteiger charge is -2.45. The number of aryl methyl sites for hydroxylation is 1. The van der Waals surface area contributed by atoms with Crippen molar-refractivity contribution >= 4 is 23.9 Å². The lowest BCUT2D eigenvalue weighted by molar-refractivity contribution is -0.254. The molecule has 1 fully saturated rings. The van der Waals surface area contributed by atoms with Crippen LogP contribution >= 0.6 is 0 Å². The van der Waals surface area contributed by atoms with Crippen molar-refractivity contribution in [3.8, 4) is 11.5 Å². The molecule has 1 aromatic rings. The Morgan fingerprint density at radius 2 is 1.34 bits per heavy atom. The van der Waals surface area contributed by atoms with E-state index in [9.17, 15) is 19.2 Å². The summed E-state index contributed by atoms with van der Waals surface area (Å²) in [6, 6.07) is 1.78. The maximum atomic E-state index is 12.1. The first-order valence-electron chi connectivity index (χ1n) is 10.9. The second kappa shape index (κ2) is 11.9. The summed E-state index contributed by atoms with van der Waals surface area (Å²) in [5.74, 6) is -1.73. The fourth-order valence-electron chi connectivity index (χ4n) is 4.17. The van der Waals surface area contributed by atoms with Crippen molar-refractivity contribution in [3.63, 3.8) is 0 Å². The first-order valence-corrected chi connectivity index (χ1v) is 10.9. The molecule has 0 aliphatic carbocycles. The zero-order valence-corrected chi connectivity index (χ0v) is 21.2. The molecule has 194 valence electrons. The summed E-state index contributed by atoms with van der Waals surface area (Å²) < 4.78 is 39.1. The topological polar surface area (TPSA) is 133 Å². The van der Waals surface area contributed by atoms with E-state index < -0.39 is 54.4 Å². The van der Waals surface area contributed by atoms with Crippen LogP contribution in [0, 0.1) is 13.8 Å². The van der Waals surface area contributed by atoms with Crippen molar-refractivity contribution in [2.24, 2.45) is 0 Å². The van der Waals surface area contributed by atoms with Crippen LogP contribution in [-0.4, -0.2) is 69.1 Å². The van der Waals surface area contributed by atoms with Gasteiger partial charge in [0, 0.05) is 38.8 Å². The maximum absolute atomic E-state index is 12.1. The Hall–Kier alpha value is -3.34. The van der Waals surface area contributed by atoms with E-state index in [0.29, 0.717) is 28.2 Å². The molecule has 5 atom stereocenters. The second-order valence-electron chi connectivity index (χ2n) is 8.09. The maximum Gasteiger partial charge on any atom is 0.303 e. The highest BCUT2D eigenvalue weighted by Crippen LogP contribution is 2.45. The SMILES string of the molecule is COc1cc(C)c(OC)c(C2O[C@H](COC(C)=O)[C@@H](OC(C)=O)[C@H](OC(C)=O)[C@H]2OC(C)=O)c1C. The van der Waals surface area contributed by atoms with Crippen LogP contribution in [0.25, 0.3) is 0 Å². The molecule has 0 aromatic heterocycles. The molecule has 1 unspecified atom stereocenters. The number of methoxy groups -OCH3 is 2. The molecule has 0 bridgehead atoms. The minimum Gasteiger partial charge on any atom is -0.496 e. The van der Waals surface area contributed by atoms with E-state index in [1.165, 1.54) is 41.9 Å². The Labute approximate surface area is 203 Å². The fraction of sp³-hybridized carbons (Fsp3) is 0.583. The lowest BCUT2D eigenvalue weighted by Crippen LogP contribution is -2.59. The molecule has 1 heterocycles. The molecule has 11 nitrogen and oxygen atoms in total. The average Bonchev–Trinajstić information content (AvgIpc) is 2.75. The monoisotopic (exact) mass is 496 g/mol. The van der Waals surface area contributed by atoms with Crippen molar-refractivity contribution < 1.29 is 52.3 Å². The van der Waals surface area contributed by atoms with Gasteiger partial charge in [0.15, 0.2) is 18.3 Å². The number of esters is 4. The zero-order valence-electron chi connectivity index (χ0n) is 21.2. The highest BCUT2D eigenvalue weighted by molar-refractivity contribution is 5.69. The number of hydrogen-bond donors (Lipinski definition) is 0. The normalized spacial score (nSPS) is 23.6. The van der Waals surface area contributed by atoms with Crippen LogP contribution in [0.2, 0.25) is 0 Å². The Balaban J connectivity index is 2.78. The van der Waals surface area contributed by atoms with Gasteiger partial charge in [0.1, 0.15) is 30.3 Å². The zero-order chi connectivity index (χ0) is 26.4. The third-order valence-electron chi connectivity index (χ3n) is 5.42. The van der Waals surface area contributed by atoms with Gasteiger partial charge in [0.25, 0.3) is 0 Å². The van der Waals surface area contributed by atoms with E-state index in [0.717, 1.165) is 0 Å². The van der Waals surface area contributed by atoms with E-state index in [2.05, 4.69) is 0 Å². The third kappa shape index (κ3) is 6.62. The van der Waals surface area contributed by atoms with Crippen LogP contribution in [0.4, 0.5) is 0 Å². The van der Waals surface area contributed by atoms with Crippen LogP contribution in [0.5, 0.6) is 11.5 Å². The first kappa shape index (κ1) is 27.9. The van der Waals surface area contributed by atoms with Gasteiger partial charge in [0.05, 0.1) is 14.2 Å². The Kier molecular flexibility index (Phi) is 9.47. The van der Waals surface area contributed by atoms with E-state index in [4.69, 9.17) is 33.2 Å². The molecule has 1 aliphatic rings. The fourth-order valence-corrected chi connectivity index (χ4v) is 4.17. The summed E-state index contributed by atoms with van der Waals surface area (Å²) in [4.78, 5) is 47.6. The summed E-state index contributed by atoms with van der Waals surface area (Å²) in [5.41, 5.74) is 1.80. The van der Waals surface area contributed by atoms with E-state index >= 15 is 0 Å². The summed E-state index contributed by atoms with van der Waals surface area (Å²) >= 11 is 0. The van der Waals surface area contributed by atoms with Crippen LogP contribution in [0.1, 0.15) is 50.5 Å². The molecule has 2 rings (SSSR count). The van der Waals surface area contributed by atoms with Crippen LogP contribution in [-0.2, 0) is 42.9 Å². The summed E-state index contributed by atoms with van der Waals surface area (Å²) in [6.07, 6.45) is -5.91. The van der Waals surface area contributed by atoms with Gasteiger partial charge in [0.2, 0.25) is 0 Å². The smallest absolute Gasteiger partial charge is 0.303 e. The Morgan fingerprint density at radius 1 is 0.800 bits per heavy atom. The number of ether oxygens (including phenoxy) is 7.